The molecule has 0 unspecified atom stereocenters. The molecule has 0 fully saturated rings. The fourth-order valence-corrected chi connectivity index (χ4v) is 2.28. The van der Waals surface area contributed by atoms with Gasteiger partial charge in [0, 0.05) is 5.75 Å². The molecule has 0 atom stereocenters. The number of carbonyl (C=O) groups is 1. The van der Waals surface area contributed by atoms with Gasteiger partial charge in [0.25, 0.3) is 0 Å². The van der Waals surface area contributed by atoms with Gasteiger partial charge in [0.05, 0.1) is 22.5 Å². The molecule has 0 saturated carbocycles. The largest absolute Gasteiger partial charge is 0.478 e. The second kappa shape index (κ2) is 5.55. The summed E-state index contributed by atoms with van der Waals surface area (Å²) in [5.41, 5.74) is 6.99. The molecule has 0 aliphatic carbocycles. The van der Waals surface area contributed by atoms with Crippen molar-refractivity contribution in [1.82, 2.24) is 4.98 Å². The minimum Gasteiger partial charge on any atom is -0.478 e. The van der Waals surface area contributed by atoms with E-state index >= 15 is 0 Å². The lowest BCUT2D eigenvalue weighted by Crippen LogP contribution is -2.03. The number of carboxylic acid groups (broad SMARTS) is 1. The van der Waals surface area contributed by atoms with Crippen LogP contribution in [0.25, 0.3) is 0 Å². The number of nitrogen functional groups attached to an aromatic ring is 1. The fraction of sp³-hybridized carbons (Fsp3) is 0.0769. The first kappa shape index (κ1) is 12.4. The lowest BCUT2D eigenvalue weighted by molar-refractivity contribution is 0.0697. The molecule has 0 amide bonds. The summed E-state index contributed by atoms with van der Waals surface area (Å²) in [7, 11) is 0. The van der Waals surface area contributed by atoms with Gasteiger partial charge in [-0.1, -0.05) is 30.3 Å². The molecule has 0 bridgehead atoms. The third-order valence-corrected chi connectivity index (χ3v) is 3.37. The van der Waals surface area contributed by atoms with Crippen LogP contribution in [-0.4, -0.2) is 16.1 Å². The molecule has 0 aliphatic heterocycles. The summed E-state index contributed by atoms with van der Waals surface area (Å²) in [6.45, 7) is 0. The third-order valence-electron chi connectivity index (χ3n) is 2.37. The molecule has 3 N–H and O–H groups in total. The van der Waals surface area contributed by atoms with E-state index in [4.69, 9.17) is 10.8 Å². The predicted molar refractivity (Wildman–Crippen MR) is 71.6 cm³/mol. The lowest BCUT2D eigenvalue weighted by Gasteiger charge is -2.04. The molecule has 18 heavy (non-hydrogen) atoms. The van der Waals surface area contributed by atoms with E-state index in [-0.39, 0.29) is 11.3 Å². The maximum Gasteiger partial charge on any atom is 0.337 e. The highest BCUT2D eigenvalue weighted by atomic mass is 32.2. The average Bonchev–Trinajstić information content (AvgIpc) is 2.38. The summed E-state index contributed by atoms with van der Waals surface area (Å²) in [4.78, 5) is 15.0. The van der Waals surface area contributed by atoms with Gasteiger partial charge in [-0.05, 0) is 11.6 Å². The van der Waals surface area contributed by atoms with Gasteiger partial charge in [0.15, 0.2) is 0 Å². The number of carboxylic acids is 1. The van der Waals surface area contributed by atoms with Crippen LogP contribution in [0, 0.1) is 0 Å². The Hall–Kier alpha value is -2.01. The molecule has 1 heterocycles. The summed E-state index contributed by atoms with van der Waals surface area (Å²) < 4.78 is 0. The molecule has 4 nitrogen and oxygen atoms in total. The Balaban J connectivity index is 2.11. The lowest BCUT2D eigenvalue weighted by atomic mass is 10.2. The van der Waals surface area contributed by atoms with Crippen molar-refractivity contribution >= 4 is 23.4 Å². The summed E-state index contributed by atoms with van der Waals surface area (Å²) in [5, 5.41) is 9.62. The summed E-state index contributed by atoms with van der Waals surface area (Å²) in [6.07, 6.45) is 1.39. The number of aromatic carboxylic acids is 1. The number of hydrogen-bond acceptors (Lipinski definition) is 4. The normalized spacial score (nSPS) is 10.2. The van der Waals surface area contributed by atoms with E-state index < -0.39 is 5.97 Å². The summed E-state index contributed by atoms with van der Waals surface area (Å²) in [6, 6.07) is 11.4. The van der Waals surface area contributed by atoms with Gasteiger partial charge in [0.2, 0.25) is 0 Å². The number of benzene rings is 1. The average molecular weight is 260 g/mol. The Morgan fingerprint density at radius 2 is 2.06 bits per heavy atom. The van der Waals surface area contributed by atoms with Crippen molar-refractivity contribution in [3.8, 4) is 0 Å². The van der Waals surface area contributed by atoms with E-state index in [1.54, 1.807) is 0 Å². The van der Waals surface area contributed by atoms with Crippen molar-refractivity contribution in [1.29, 1.82) is 0 Å². The molecule has 0 radical (unpaired) electrons. The highest BCUT2D eigenvalue weighted by molar-refractivity contribution is 7.98. The number of nitrogens with zero attached hydrogens (tertiary/aromatic N) is 1. The van der Waals surface area contributed by atoms with Gasteiger partial charge in [-0.15, -0.1) is 11.8 Å². The van der Waals surface area contributed by atoms with Crippen molar-refractivity contribution in [3.63, 3.8) is 0 Å². The van der Waals surface area contributed by atoms with E-state index in [0.717, 1.165) is 11.3 Å². The van der Waals surface area contributed by atoms with Crippen LogP contribution >= 0.6 is 11.8 Å². The third kappa shape index (κ3) is 3.01. The van der Waals surface area contributed by atoms with Crippen LogP contribution in [-0.2, 0) is 5.75 Å². The first-order valence-electron chi connectivity index (χ1n) is 5.32. The number of pyridine rings is 1. The van der Waals surface area contributed by atoms with Crippen molar-refractivity contribution in [2.45, 2.75) is 10.8 Å². The maximum absolute atomic E-state index is 10.9. The molecular weight excluding hydrogens is 248 g/mol. The number of thioether (sulfide) groups is 1. The van der Waals surface area contributed by atoms with Crippen LogP contribution in [0.4, 0.5) is 5.69 Å². The topological polar surface area (TPSA) is 76.2 Å². The van der Waals surface area contributed by atoms with Crippen LogP contribution in [0.15, 0.2) is 47.6 Å². The molecule has 0 aliphatic rings. The van der Waals surface area contributed by atoms with E-state index in [1.807, 2.05) is 30.3 Å². The standard InChI is InChI=1S/C13H12N2O2S/c14-11-7-15-12(6-10(11)13(16)17)18-8-9-4-2-1-3-5-9/h1-7H,8,14H2,(H,16,17). The molecule has 2 aromatic rings. The predicted octanol–water partition coefficient (Wildman–Crippen LogP) is 2.65. The van der Waals surface area contributed by atoms with Gasteiger partial charge in [-0.25, -0.2) is 9.78 Å². The molecule has 5 heteroatoms. The molecule has 1 aromatic carbocycles. The zero-order chi connectivity index (χ0) is 13.0. The van der Waals surface area contributed by atoms with Crippen molar-refractivity contribution < 1.29 is 9.90 Å². The maximum atomic E-state index is 10.9. The van der Waals surface area contributed by atoms with Gasteiger partial charge in [-0.3, -0.25) is 0 Å². The number of aromatic nitrogens is 1. The zero-order valence-electron chi connectivity index (χ0n) is 9.54. The SMILES string of the molecule is Nc1cnc(SCc2ccccc2)cc1C(=O)O. The van der Waals surface area contributed by atoms with Crippen molar-refractivity contribution in [2.24, 2.45) is 0 Å². The summed E-state index contributed by atoms with van der Waals surface area (Å²) in [5.74, 6) is -0.284. The fourth-order valence-electron chi connectivity index (χ4n) is 1.44. The van der Waals surface area contributed by atoms with Gasteiger partial charge < -0.3 is 10.8 Å². The highest BCUT2D eigenvalue weighted by Crippen LogP contribution is 2.23. The molecule has 92 valence electrons. The summed E-state index contributed by atoms with van der Waals surface area (Å²) >= 11 is 1.48. The van der Waals surface area contributed by atoms with Crippen LogP contribution < -0.4 is 5.73 Å². The van der Waals surface area contributed by atoms with E-state index in [0.29, 0.717) is 5.03 Å². The zero-order valence-corrected chi connectivity index (χ0v) is 10.4. The monoisotopic (exact) mass is 260 g/mol. The van der Waals surface area contributed by atoms with Crippen molar-refractivity contribution in [3.05, 3.63) is 53.7 Å². The van der Waals surface area contributed by atoms with Crippen LogP contribution in [0.2, 0.25) is 0 Å². The Kier molecular flexibility index (Phi) is 3.84. The highest BCUT2D eigenvalue weighted by Gasteiger charge is 2.09. The molecule has 0 spiro atoms. The Bertz CT molecular complexity index is 558. The van der Waals surface area contributed by atoms with Crippen LogP contribution in [0.3, 0.4) is 0 Å². The molecule has 0 saturated heterocycles. The quantitative estimate of drug-likeness (QED) is 0.826. The Labute approximate surface area is 109 Å². The smallest absolute Gasteiger partial charge is 0.337 e. The first-order valence-corrected chi connectivity index (χ1v) is 6.31. The van der Waals surface area contributed by atoms with Crippen LogP contribution in [0.1, 0.15) is 15.9 Å². The number of rotatable bonds is 4. The number of nitrogens with two attached hydrogens (primary N) is 1. The van der Waals surface area contributed by atoms with Gasteiger partial charge in [0.1, 0.15) is 0 Å². The minimum atomic E-state index is -1.03. The second-order valence-electron chi connectivity index (χ2n) is 3.69. The van der Waals surface area contributed by atoms with Crippen LogP contribution in [0.5, 0.6) is 0 Å². The molecular formula is C13H12N2O2S. The minimum absolute atomic E-state index is 0.0977. The first-order chi connectivity index (χ1) is 8.66. The Morgan fingerprint density at radius 3 is 2.72 bits per heavy atom. The van der Waals surface area contributed by atoms with Gasteiger partial charge in [-0.2, -0.15) is 0 Å². The van der Waals surface area contributed by atoms with Crippen molar-refractivity contribution in [2.75, 3.05) is 5.73 Å². The van der Waals surface area contributed by atoms with E-state index in [9.17, 15) is 4.79 Å². The molecule has 1 aromatic heterocycles. The van der Waals surface area contributed by atoms with E-state index in [2.05, 4.69) is 4.98 Å². The molecule has 2 rings (SSSR count). The number of anilines is 1. The Morgan fingerprint density at radius 1 is 1.33 bits per heavy atom. The number of hydrogen-bond donors (Lipinski definition) is 2. The second-order valence-corrected chi connectivity index (χ2v) is 4.68. The van der Waals surface area contributed by atoms with Gasteiger partial charge >= 0.3 is 5.97 Å². The van der Waals surface area contributed by atoms with E-state index in [1.165, 1.54) is 24.0 Å².